The van der Waals surface area contributed by atoms with Crippen molar-refractivity contribution < 1.29 is 9.53 Å². The Morgan fingerprint density at radius 2 is 2.00 bits per heavy atom. The van der Waals surface area contributed by atoms with Crippen LogP contribution in [0.5, 0.6) is 5.75 Å². The fraction of sp³-hybridized carbons (Fsp3) is 0.364. The standard InChI is InChI=1S/C11H15NO2S/c1-12(11(13)7-8-15)9-3-5-10(14-2)6-4-9/h3-6,15H,7-8H2,1-2H3. The molecule has 0 unspecified atom stereocenters. The highest BCUT2D eigenvalue weighted by Gasteiger charge is 2.09. The fourth-order valence-corrected chi connectivity index (χ4v) is 1.40. The van der Waals surface area contributed by atoms with Crippen LogP contribution < -0.4 is 9.64 Å². The van der Waals surface area contributed by atoms with E-state index in [1.807, 2.05) is 24.3 Å². The molecule has 0 aliphatic rings. The van der Waals surface area contributed by atoms with Gasteiger partial charge in [-0.1, -0.05) is 0 Å². The summed E-state index contributed by atoms with van der Waals surface area (Å²) in [4.78, 5) is 13.2. The van der Waals surface area contributed by atoms with Crippen LogP contribution in [-0.2, 0) is 4.79 Å². The van der Waals surface area contributed by atoms with Gasteiger partial charge in [0.25, 0.3) is 0 Å². The first-order chi connectivity index (χ1) is 7.19. The van der Waals surface area contributed by atoms with Crippen molar-refractivity contribution in [3.8, 4) is 5.75 Å². The molecule has 0 heterocycles. The average molecular weight is 225 g/mol. The van der Waals surface area contributed by atoms with Gasteiger partial charge in [0, 0.05) is 19.2 Å². The quantitative estimate of drug-likeness (QED) is 0.794. The summed E-state index contributed by atoms with van der Waals surface area (Å²) in [6.45, 7) is 0. The van der Waals surface area contributed by atoms with Crippen LogP contribution in [0.4, 0.5) is 5.69 Å². The van der Waals surface area contributed by atoms with E-state index >= 15 is 0 Å². The molecule has 0 saturated carbocycles. The largest absolute Gasteiger partial charge is 0.497 e. The van der Waals surface area contributed by atoms with Crippen molar-refractivity contribution in [1.29, 1.82) is 0 Å². The van der Waals surface area contributed by atoms with Gasteiger partial charge in [-0.3, -0.25) is 4.79 Å². The van der Waals surface area contributed by atoms with Crippen molar-refractivity contribution >= 4 is 24.2 Å². The maximum Gasteiger partial charge on any atom is 0.227 e. The number of carbonyl (C=O) groups excluding carboxylic acids is 1. The minimum Gasteiger partial charge on any atom is -0.497 e. The minimum absolute atomic E-state index is 0.0650. The number of rotatable bonds is 4. The third kappa shape index (κ3) is 3.16. The molecule has 0 saturated heterocycles. The molecular formula is C11H15NO2S. The first kappa shape index (κ1) is 11.9. The highest BCUT2D eigenvalue weighted by Crippen LogP contribution is 2.18. The van der Waals surface area contributed by atoms with E-state index in [1.165, 1.54) is 0 Å². The number of carbonyl (C=O) groups is 1. The normalized spacial score (nSPS) is 9.80. The van der Waals surface area contributed by atoms with E-state index in [0.717, 1.165) is 11.4 Å². The molecule has 4 heteroatoms. The lowest BCUT2D eigenvalue weighted by molar-refractivity contribution is -0.117. The van der Waals surface area contributed by atoms with Crippen LogP contribution in [0.2, 0.25) is 0 Å². The van der Waals surface area contributed by atoms with Crippen molar-refractivity contribution in [2.45, 2.75) is 6.42 Å². The molecule has 0 bridgehead atoms. The van der Waals surface area contributed by atoms with E-state index in [0.29, 0.717) is 12.2 Å². The molecular weight excluding hydrogens is 210 g/mol. The van der Waals surface area contributed by atoms with E-state index in [1.54, 1.807) is 19.1 Å². The smallest absolute Gasteiger partial charge is 0.227 e. The summed E-state index contributed by atoms with van der Waals surface area (Å²) in [7, 11) is 3.37. The molecule has 15 heavy (non-hydrogen) atoms. The number of ether oxygens (including phenoxy) is 1. The molecule has 1 amide bonds. The summed E-state index contributed by atoms with van der Waals surface area (Å²) in [5.74, 6) is 1.42. The maximum atomic E-state index is 11.5. The second-order valence-electron chi connectivity index (χ2n) is 3.12. The Morgan fingerprint density at radius 1 is 1.40 bits per heavy atom. The van der Waals surface area contributed by atoms with Crippen molar-refractivity contribution in [3.63, 3.8) is 0 Å². The molecule has 0 spiro atoms. The number of hydrogen-bond donors (Lipinski definition) is 1. The predicted octanol–water partition coefficient (Wildman–Crippen LogP) is 1.98. The van der Waals surface area contributed by atoms with Crippen LogP contribution in [0.25, 0.3) is 0 Å². The first-order valence-electron chi connectivity index (χ1n) is 4.70. The highest BCUT2D eigenvalue weighted by atomic mass is 32.1. The summed E-state index contributed by atoms with van der Waals surface area (Å²) >= 11 is 4.03. The van der Waals surface area contributed by atoms with Crippen LogP contribution in [0.15, 0.2) is 24.3 Å². The van der Waals surface area contributed by atoms with Gasteiger partial charge in [0.15, 0.2) is 0 Å². The molecule has 82 valence electrons. The number of methoxy groups -OCH3 is 1. The number of benzene rings is 1. The zero-order valence-corrected chi connectivity index (χ0v) is 9.83. The second kappa shape index (κ2) is 5.66. The molecule has 1 aromatic rings. The number of hydrogen-bond acceptors (Lipinski definition) is 3. The van der Waals surface area contributed by atoms with Gasteiger partial charge in [-0.05, 0) is 30.0 Å². The summed E-state index contributed by atoms with van der Waals surface area (Å²) in [5, 5.41) is 0. The number of nitrogens with zero attached hydrogens (tertiary/aromatic N) is 1. The van der Waals surface area contributed by atoms with Crippen LogP contribution in [0.1, 0.15) is 6.42 Å². The molecule has 3 nitrogen and oxygen atoms in total. The first-order valence-corrected chi connectivity index (χ1v) is 5.33. The number of anilines is 1. The molecule has 1 aromatic carbocycles. The van der Waals surface area contributed by atoms with Crippen LogP contribution in [0.3, 0.4) is 0 Å². The summed E-state index contributed by atoms with van der Waals surface area (Å²) in [6.07, 6.45) is 0.450. The van der Waals surface area contributed by atoms with E-state index < -0.39 is 0 Å². The van der Waals surface area contributed by atoms with Crippen LogP contribution in [0, 0.1) is 0 Å². The van der Waals surface area contributed by atoms with Gasteiger partial charge in [0.05, 0.1) is 7.11 Å². The molecule has 1 rings (SSSR count). The maximum absolute atomic E-state index is 11.5. The molecule has 0 radical (unpaired) electrons. The van der Waals surface area contributed by atoms with Crippen LogP contribution >= 0.6 is 12.6 Å². The summed E-state index contributed by atoms with van der Waals surface area (Å²) in [5.41, 5.74) is 0.864. The molecule has 0 aliphatic heterocycles. The van der Waals surface area contributed by atoms with Gasteiger partial charge in [0.1, 0.15) is 5.75 Å². The van der Waals surface area contributed by atoms with Crippen LogP contribution in [-0.4, -0.2) is 25.8 Å². The lowest BCUT2D eigenvalue weighted by Gasteiger charge is -2.17. The Hall–Kier alpha value is -1.16. The molecule has 0 aliphatic carbocycles. The topological polar surface area (TPSA) is 29.5 Å². The second-order valence-corrected chi connectivity index (χ2v) is 3.57. The van der Waals surface area contributed by atoms with E-state index in [4.69, 9.17) is 4.74 Å². The zero-order chi connectivity index (χ0) is 11.3. The summed E-state index contributed by atoms with van der Waals surface area (Å²) < 4.78 is 5.04. The third-order valence-electron chi connectivity index (χ3n) is 2.16. The monoisotopic (exact) mass is 225 g/mol. The average Bonchev–Trinajstić information content (AvgIpc) is 2.28. The van der Waals surface area contributed by atoms with E-state index in [2.05, 4.69) is 12.6 Å². The van der Waals surface area contributed by atoms with E-state index in [9.17, 15) is 4.79 Å². The van der Waals surface area contributed by atoms with E-state index in [-0.39, 0.29) is 5.91 Å². The Balaban J connectivity index is 2.73. The minimum atomic E-state index is 0.0650. The molecule has 0 aromatic heterocycles. The van der Waals surface area contributed by atoms with Gasteiger partial charge in [-0.25, -0.2) is 0 Å². The van der Waals surface area contributed by atoms with Gasteiger partial charge < -0.3 is 9.64 Å². The van der Waals surface area contributed by atoms with Crippen molar-refractivity contribution in [1.82, 2.24) is 0 Å². The fourth-order valence-electron chi connectivity index (χ4n) is 1.21. The lowest BCUT2D eigenvalue weighted by atomic mass is 10.2. The Labute approximate surface area is 95.4 Å². The Kier molecular flexibility index (Phi) is 4.49. The number of amides is 1. The van der Waals surface area contributed by atoms with Gasteiger partial charge in [-0.2, -0.15) is 12.6 Å². The zero-order valence-electron chi connectivity index (χ0n) is 8.93. The van der Waals surface area contributed by atoms with Crippen molar-refractivity contribution in [2.75, 3.05) is 24.8 Å². The molecule has 0 fully saturated rings. The Bertz CT molecular complexity index is 324. The van der Waals surface area contributed by atoms with Gasteiger partial charge in [0.2, 0.25) is 5.91 Å². The Morgan fingerprint density at radius 3 is 2.47 bits per heavy atom. The van der Waals surface area contributed by atoms with Crippen molar-refractivity contribution in [2.24, 2.45) is 0 Å². The molecule has 0 N–H and O–H groups in total. The lowest BCUT2D eigenvalue weighted by Crippen LogP contribution is -2.26. The third-order valence-corrected chi connectivity index (χ3v) is 2.38. The predicted molar refractivity (Wildman–Crippen MR) is 64.9 cm³/mol. The van der Waals surface area contributed by atoms with Gasteiger partial charge >= 0.3 is 0 Å². The van der Waals surface area contributed by atoms with Crippen molar-refractivity contribution in [3.05, 3.63) is 24.3 Å². The molecule has 0 atom stereocenters. The SMILES string of the molecule is COc1ccc(N(C)C(=O)CCS)cc1. The summed E-state index contributed by atoms with van der Waals surface area (Å²) in [6, 6.07) is 7.38. The number of thiol groups is 1. The highest BCUT2D eigenvalue weighted by molar-refractivity contribution is 7.80. The van der Waals surface area contributed by atoms with Gasteiger partial charge in [-0.15, -0.1) is 0 Å².